The van der Waals surface area contributed by atoms with Crippen LogP contribution in [0.5, 0.6) is 5.75 Å². The van der Waals surface area contributed by atoms with E-state index in [9.17, 15) is 4.79 Å². The van der Waals surface area contributed by atoms with Crippen LogP contribution in [0.1, 0.15) is 51.6 Å². The highest BCUT2D eigenvalue weighted by molar-refractivity contribution is 8.00. The number of nitrogens with zero attached hydrogens (tertiary/aromatic N) is 2. The number of amides is 1. The van der Waals surface area contributed by atoms with Gasteiger partial charge in [-0.25, -0.2) is 0 Å². The number of anilines is 1. The maximum Gasteiger partial charge on any atom is 0.239 e. The number of carbonyl (C=O) groups excluding carboxylic acids is 1. The SMILES string of the molecule is CCOc1ccccc1NC(=O)CS[C@H](C)c1nc(C(C)(C)C)no1. The van der Waals surface area contributed by atoms with Crippen molar-refractivity contribution < 1.29 is 14.1 Å². The number of hydrogen-bond acceptors (Lipinski definition) is 6. The zero-order chi connectivity index (χ0) is 18.4. The monoisotopic (exact) mass is 363 g/mol. The van der Waals surface area contributed by atoms with Crippen LogP contribution >= 0.6 is 11.8 Å². The number of para-hydroxylation sites is 2. The van der Waals surface area contributed by atoms with E-state index in [-0.39, 0.29) is 22.3 Å². The molecule has 0 bridgehead atoms. The maximum atomic E-state index is 12.2. The Morgan fingerprint density at radius 2 is 2.08 bits per heavy atom. The highest BCUT2D eigenvalue weighted by Gasteiger charge is 2.23. The van der Waals surface area contributed by atoms with E-state index < -0.39 is 0 Å². The largest absolute Gasteiger partial charge is 0.492 e. The van der Waals surface area contributed by atoms with Crippen molar-refractivity contribution in [2.75, 3.05) is 17.7 Å². The van der Waals surface area contributed by atoms with Gasteiger partial charge >= 0.3 is 0 Å². The van der Waals surface area contributed by atoms with Crippen molar-refractivity contribution in [2.45, 2.75) is 45.3 Å². The number of benzene rings is 1. The number of thioether (sulfide) groups is 1. The molecule has 1 amide bonds. The van der Waals surface area contributed by atoms with Gasteiger partial charge in [-0.1, -0.05) is 38.1 Å². The molecule has 136 valence electrons. The topological polar surface area (TPSA) is 77.2 Å². The second kappa shape index (κ2) is 8.38. The lowest BCUT2D eigenvalue weighted by atomic mass is 9.96. The summed E-state index contributed by atoms with van der Waals surface area (Å²) in [7, 11) is 0. The van der Waals surface area contributed by atoms with E-state index in [1.54, 1.807) is 0 Å². The van der Waals surface area contributed by atoms with Gasteiger partial charge in [-0.2, -0.15) is 4.98 Å². The molecule has 0 saturated heterocycles. The second-order valence-electron chi connectivity index (χ2n) is 6.64. The smallest absolute Gasteiger partial charge is 0.239 e. The number of ether oxygens (including phenoxy) is 1. The van der Waals surface area contributed by atoms with Gasteiger partial charge in [-0.3, -0.25) is 4.79 Å². The van der Waals surface area contributed by atoms with Gasteiger partial charge in [0.15, 0.2) is 5.82 Å². The Bertz CT molecular complexity index is 710. The molecule has 7 heteroatoms. The predicted molar refractivity (Wildman–Crippen MR) is 100 cm³/mol. The van der Waals surface area contributed by atoms with Crippen LogP contribution in [-0.4, -0.2) is 28.4 Å². The first kappa shape index (κ1) is 19.3. The van der Waals surface area contributed by atoms with Gasteiger partial charge < -0.3 is 14.6 Å². The van der Waals surface area contributed by atoms with Crippen LogP contribution < -0.4 is 10.1 Å². The minimum absolute atomic E-state index is 0.0588. The fourth-order valence-electron chi connectivity index (χ4n) is 2.01. The van der Waals surface area contributed by atoms with Crippen molar-refractivity contribution in [1.82, 2.24) is 10.1 Å². The molecule has 1 heterocycles. The molecule has 1 aromatic carbocycles. The average molecular weight is 363 g/mol. The van der Waals surface area contributed by atoms with Crippen molar-refractivity contribution in [2.24, 2.45) is 0 Å². The van der Waals surface area contributed by atoms with Crippen LogP contribution in [0.2, 0.25) is 0 Å². The van der Waals surface area contributed by atoms with E-state index in [0.717, 1.165) is 0 Å². The second-order valence-corrected chi connectivity index (χ2v) is 7.97. The molecule has 0 saturated carbocycles. The van der Waals surface area contributed by atoms with Gasteiger partial charge in [0.2, 0.25) is 11.8 Å². The molecule has 2 rings (SSSR count). The highest BCUT2D eigenvalue weighted by atomic mass is 32.2. The third kappa shape index (κ3) is 5.49. The minimum Gasteiger partial charge on any atom is -0.492 e. The van der Waals surface area contributed by atoms with Crippen LogP contribution in [-0.2, 0) is 10.2 Å². The molecule has 0 fully saturated rings. The number of aromatic nitrogens is 2. The Balaban J connectivity index is 1.90. The van der Waals surface area contributed by atoms with Crippen LogP contribution in [0, 0.1) is 0 Å². The molecule has 25 heavy (non-hydrogen) atoms. The quantitative estimate of drug-likeness (QED) is 0.794. The summed E-state index contributed by atoms with van der Waals surface area (Å²) in [5, 5.41) is 6.84. The lowest BCUT2D eigenvalue weighted by Gasteiger charge is -2.12. The fraction of sp³-hybridized carbons (Fsp3) is 0.500. The highest BCUT2D eigenvalue weighted by Crippen LogP contribution is 2.29. The Hall–Kier alpha value is -2.02. The first-order valence-electron chi connectivity index (χ1n) is 8.28. The molecule has 0 aliphatic carbocycles. The van der Waals surface area contributed by atoms with E-state index in [0.29, 0.717) is 29.8 Å². The molecule has 2 aromatic rings. The van der Waals surface area contributed by atoms with Crippen molar-refractivity contribution in [3.63, 3.8) is 0 Å². The molecule has 0 radical (unpaired) electrons. The van der Waals surface area contributed by atoms with Gasteiger partial charge in [0.05, 0.1) is 23.3 Å². The van der Waals surface area contributed by atoms with E-state index in [4.69, 9.17) is 9.26 Å². The molecular formula is C18H25N3O3S. The molecule has 0 unspecified atom stereocenters. The van der Waals surface area contributed by atoms with Crippen molar-refractivity contribution in [3.05, 3.63) is 36.0 Å². The zero-order valence-electron chi connectivity index (χ0n) is 15.3. The van der Waals surface area contributed by atoms with Gasteiger partial charge in [0, 0.05) is 5.41 Å². The lowest BCUT2D eigenvalue weighted by molar-refractivity contribution is -0.113. The summed E-state index contributed by atoms with van der Waals surface area (Å²) in [6, 6.07) is 7.40. The number of rotatable bonds is 7. The average Bonchev–Trinajstić information content (AvgIpc) is 3.05. The van der Waals surface area contributed by atoms with E-state index in [1.165, 1.54) is 11.8 Å². The molecular weight excluding hydrogens is 338 g/mol. The molecule has 0 aliphatic heterocycles. The van der Waals surface area contributed by atoms with Gasteiger partial charge in [-0.05, 0) is 26.0 Å². The summed E-state index contributed by atoms with van der Waals surface area (Å²) in [6.45, 7) is 10.5. The van der Waals surface area contributed by atoms with E-state index in [1.807, 2.05) is 58.9 Å². The Morgan fingerprint density at radius 3 is 2.72 bits per heavy atom. The molecule has 0 spiro atoms. The summed E-state index contributed by atoms with van der Waals surface area (Å²) < 4.78 is 10.8. The Morgan fingerprint density at radius 1 is 1.36 bits per heavy atom. The molecule has 1 aromatic heterocycles. The summed E-state index contributed by atoms with van der Waals surface area (Å²) >= 11 is 1.45. The van der Waals surface area contributed by atoms with E-state index in [2.05, 4.69) is 15.5 Å². The summed E-state index contributed by atoms with van der Waals surface area (Å²) in [5.74, 6) is 2.07. The Kier molecular flexibility index (Phi) is 6.47. The van der Waals surface area contributed by atoms with Crippen LogP contribution in [0.25, 0.3) is 0 Å². The third-order valence-electron chi connectivity index (χ3n) is 3.39. The lowest BCUT2D eigenvalue weighted by Crippen LogP contribution is -2.16. The minimum atomic E-state index is -0.160. The number of carbonyl (C=O) groups is 1. The molecule has 0 aliphatic rings. The standard InChI is InChI=1S/C18H25N3O3S/c1-6-23-14-10-8-7-9-13(14)19-15(22)11-25-12(2)16-20-17(21-24-16)18(3,4)5/h7-10,12H,6,11H2,1-5H3,(H,19,22)/t12-/m1/s1. The summed E-state index contributed by atoms with van der Waals surface area (Å²) in [4.78, 5) is 16.6. The molecule has 1 N–H and O–H groups in total. The summed E-state index contributed by atoms with van der Waals surface area (Å²) in [6.07, 6.45) is 0. The van der Waals surface area contributed by atoms with Crippen LogP contribution in [0.15, 0.2) is 28.8 Å². The third-order valence-corrected chi connectivity index (χ3v) is 4.52. The van der Waals surface area contributed by atoms with E-state index >= 15 is 0 Å². The number of nitrogens with one attached hydrogen (secondary N) is 1. The van der Waals surface area contributed by atoms with Crippen LogP contribution in [0.4, 0.5) is 5.69 Å². The van der Waals surface area contributed by atoms with Crippen molar-refractivity contribution >= 4 is 23.4 Å². The predicted octanol–water partition coefficient (Wildman–Crippen LogP) is 4.20. The van der Waals surface area contributed by atoms with Crippen molar-refractivity contribution in [3.8, 4) is 5.75 Å². The Labute approximate surface area is 152 Å². The van der Waals surface area contributed by atoms with Gasteiger partial charge in [0.1, 0.15) is 5.75 Å². The first-order chi connectivity index (χ1) is 11.8. The van der Waals surface area contributed by atoms with Gasteiger partial charge in [0.25, 0.3) is 0 Å². The summed E-state index contributed by atoms with van der Waals surface area (Å²) in [5.41, 5.74) is 0.516. The zero-order valence-corrected chi connectivity index (χ0v) is 16.1. The number of hydrogen-bond donors (Lipinski definition) is 1. The first-order valence-corrected chi connectivity index (χ1v) is 9.33. The molecule has 6 nitrogen and oxygen atoms in total. The van der Waals surface area contributed by atoms with Gasteiger partial charge in [-0.15, -0.1) is 11.8 Å². The fourth-order valence-corrected chi connectivity index (χ4v) is 2.73. The molecule has 1 atom stereocenters. The van der Waals surface area contributed by atoms with Crippen molar-refractivity contribution in [1.29, 1.82) is 0 Å². The maximum absolute atomic E-state index is 12.2. The van der Waals surface area contributed by atoms with Crippen LogP contribution in [0.3, 0.4) is 0 Å². The normalized spacial score (nSPS) is 12.7.